The smallest absolute Gasteiger partial charge is 0.341 e. The number of carbonyl (C=O) groups is 4. The summed E-state index contributed by atoms with van der Waals surface area (Å²) in [6.45, 7) is -0.753. The molecule has 0 aromatic heterocycles. The largest absolute Gasteiger partial charge is 0.479 e. The molecular weight excluding hydrogens is 458 g/mol. The molecule has 1 fully saturated rings. The molecule has 0 saturated carbocycles. The summed E-state index contributed by atoms with van der Waals surface area (Å²) in [5.74, 6) is -3.47. The average Bonchev–Trinajstić information content (AvgIpc) is 2.69. The van der Waals surface area contributed by atoms with Gasteiger partial charge in [-0.2, -0.15) is 0 Å². The fourth-order valence-corrected chi connectivity index (χ4v) is 4.14. The average molecular weight is 474 g/mol. The molecule has 1 saturated heterocycles. The first-order chi connectivity index (χ1) is 13.4. The van der Waals surface area contributed by atoms with E-state index in [1.165, 1.54) is 4.31 Å². The molecule has 2 unspecified atom stereocenters. The molecule has 150 valence electrons. The molecule has 0 spiro atoms. The van der Waals surface area contributed by atoms with E-state index in [-0.39, 0.29) is 11.5 Å². The van der Waals surface area contributed by atoms with E-state index in [0.717, 1.165) is 11.9 Å². The maximum Gasteiger partial charge on any atom is 0.341 e. The lowest BCUT2D eigenvalue weighted by molar-refractivity contribution is -0.153. The number of carboxylic acids is 1. The normalized spacial score (nSPS) is 19.0. The van der Waals surface area contributed by atoms with Gasteiger partial charge >= 0.3 is 11.9 Å². The van der Waals surface area contributed by atoms with E-state index < -0.39 is 42.4 Å². The molecule has 1 aromatic carbocycles. The van der Waals surface area contributed by atoms with Crippen molar-refractivity contribution >= 4 is 57.3 Å². The maximum absolute atomic E-state index is 12.4. The standard InChI is InChI=1S/C16H16BrN3O7S/c17-6-10-14(16(25)20(10)28-8-12(23)27-7-11(21)22)18-15(24)13(19-26)9-4-2-1-3-5-9/h1-5,10,14,26H,6-8H2,(H,18,24)(H,21,22)/b19-13-. The second kappa shape index (κ2) is 10.1. The van der Waals surface area contributed by atoms with Crippen LogP contribution in [-0.4, -0.2) is 73.9 Å². The van der Waals surface area contributed by atoms with Crippen molar-refractivity contribution in [2.45, 2.75) is 12.1 Å². The lowest BCUT2D eigenvalue weighted by Gasteiger charge is -2.45. The van der Waals surface area contributed by atoms with Crippen LogP contribution in [0.5, 0.6) is 0 Å². The molecule has 1 aliphatic rings. The van der Waals surface area contributed by atoms with Crippen LogP contribution in [0, 0.1) is 0 Å². The highest BCUT2D eigenvalue weighted by Gasteiger charge is 2.48. The summed E-state index contributed by atoms with van der Waals surface area (Å²) < 4.78 is 5.78. The van der Waals surface area contributed by atoms with E-state index in [4.69, 9.17) is 10.3 Å². The molecule has 2 rings (SSSR count). The number of β-lactam (4-membered cyclic amide) rings is 1. The van der Waals surface area contributed by atoms with Crippen LogP contribution in [-0.2, 0) is 23.9 Å². The van der Waals surface area contributed by atoms with Crippen molar-refractivity contribution in [3.05, 3.63) is 35.9 Å². The van der Waals surface area contributed by atoms with Gasteiger partial charge in [0.05, 0.1) is 6.04 Å². The van der Waals surface area contributed by atoms with Gasteiger partial charge in [-0.15, -0.1) is 0 Å². The minimum Gasteiger partial charge on any atom is -0.479 e. The van der Waals surface area contributed by atoms with E-state index in [2.05, 4.69) is 31.1 Å². The predicted molar refractivity (Wildman–Crippen MR) is 102 cm³/mol. The Balaban J connectivity index is 1.93. The number of rotatable bonds is 9. The fourth-order valence-electron chi connectivity index (χ4n) is 2.33. The molecular formula is C16H16BrN3O7S. The van der Waals surface area contributed by atoms with Crippen molar-refractivity contribution in [2.24, 2.45) is 5.16 Å². The molecule has 1 aliphatic heterocycles. The van der Waals surface area contributed by atoms with Gasteiger partial charge in [0, 0.05) is 10.9 Å². The number of hydrogen-bond donors (Lipinski definition) is 3. The van der Waals surface area contributed by atoms with E-state index in [1.807, 2.05) is 0 Å². The minimum absolute atomic E-state index is 0.231. The fraction of sp³-hybridized carbons (Fsp3) is 0.312. The molecule has 28 heavy (non-hydrogen) atoms. The Bertz CT molecular complexity index is 790. The van der Waals surface area contributed by atoms with Gasteiger partial charge in [0.1, 0.15) is 11.8 Å². The van der Waals surface area contributed by atoms with Gasteiger partial charge in [-0.05, 0) is 11.9 Å². The van der Waals surface area contributed by atoms with Crippen LogP contribution in [0.3, 0.4) is 0 Å². The highest BCUT2D eigenvalue weighted by molar-refractivity contribution is 9.09. The summed E-state index contributed by atoms with van der Waals surface area (Å²) in [7, 11) is 0. The molecule has 1 aromatic rings. The second-order valence-electron chi connectivity index (χ2n) is 5.48. The van der Waals surface area contributed by atoms with Crippen molar-refractivity contribution in [1.82, 2.24) is 9.62 Å². The van der Waals surface area contributed by atoms with Crippen LogP contribution < -0.4 is 5.32 Å². The van der Waals surface area contributed by atoms with Crippen LogP contribution in [0.2, 0.25) is 0 Å². The van der Waals surface area contributed by atoms with Crippen LogP contribution in [0.4, 0.5) is 0 Å². The zero-order valence-corrected chi connectivity index (χ0v) is 16.7. The predicted octanol–water partition coefficient (Wildman–Crippen LogP) is 0.231. The van der Waals surface area contributed by atoms with Gasteiger partial charge in [0.15, 0.2) is 12.3 Å². The monoisotopic (exact) mass is 473 g/mol. The van der Waals surface area contributed by atoms with E-state index >= 15 is 0 Å². The van der Waals surface area contributed by atoms with Crippen molar-refractivity contribution in [3.8, 4) is 0 Å². The number of esters is 1. The number of halogens is 1. The molecule has 0 radical (unpaired) electrons. The third-order valence-corrected chi connectivity index (χ3v) is 5.41. The van der Waals surface area contributed by atoms with Gasteiger partial charge < -0.3 is 20.4 Å². The van der Waals surface area contributed by atoms with Gasteiger partial charge in [0.2, 0.25) is 0 Å². The van der Waals surface area contributed by atoms with E-state index in [1.54, 1.807) is 30.3 Å². The number of aliphatic carboxylic acids is 1. The first-order valence-electron chi connectivity index (χ1n) is 7.86. The Morgan fingerprint density at radius 3 is 2.54 bits per heavy atom. The number of nitrogens with zero attached hydrogens (tertiary/aromatic N) is 2. The number of alkyl halides is 1. The highest BCUT2D eigenvalue weighted by atomic mass is 79.9. The minimum atomic E-state index is -1.28. The highest BCUT2D eigenvalue weighted by Crippen LogP contribution is 2.30. The van der Waals surface area contributed by atoms with Gasteiger partial charge in [-0.25, -0.2) is 4.79 Å². The van der Waals surface area contributed by atoms with E-state index in [0.29, 0.717) is 10.9 Å². The summed E-state index contributed by atoms with van der Waals surface area (Å²) in [6, 6.07) is 6.94. The summed E-state index contributed by atoms with van der Waals surface area (Å²) in [5, 5.41) is 23.5. The molecule has 2 amide bonds. The van der Waals surface area contributed by atoms with E-state index in [9.17, 15) is 19.2 Å². The number of carbonyl (C=O) groups excluding carboxylic acids is 3. The molecule has 3 N–H and O–H groups in total. The number of carboxylic acid groups (broad SMARTS) is 1. The Hall–Kier alpha value is -2.60. The number of nitrogens with one attached hydrogen (secondary N) is 1. The second-order valence-corrected chi connectivity index (χ2v) is 7.07. The van der Waals surface area contributed by atoms with Crippen molar-refractivity contribution in [1.29, 1.82) is 0 Å². The van der Waals surface area contributed by atoms with Crippen molar-refractivity contribution in [3.63, 3.8) is 0 Å². The van der Waals surface area contributed by atoms with Gasteiger partial charge in [0.25, 0.3) is 11.8 Å². The topological polar surface area (TPSA) is 146 Å². The third-order valence-electron chi connectivity index (χ3n) is 3.65. The molecule has 0 aliphatic carbocycles. The quantitative estimate of drug-likeness (QED) is 0.0878. The summed E-state index contributed by atoms with van der Waals surface area (Å²) in [4.78, 5) is 46.5. The Labute approximate surface area is 172 Å². The summed E-state index contributed by atoms with van der Waals surface area (Å²) in [6.07, 6.45) is 0. The number of ether oxygens (including phenoxy) is 1. The van der Waals surface area contributed by atoms with Crippen LogP contribution >= 0.6 is 27.9 Å². The van der Waals surface area contributed by atoms with Crippen molar-refractivity contribution < 1.29 is 34.2 Å². The molecule has 1 heterocycles. The Kier molecular flexibility index (Phi) is 7.81. The molecule has 0 bridgehead atoms. The number of oxime groups is 1. The Morgan fingerprint density at radius 2 is 1.96 bits per heavy atom. The third kappa shape index (κ3) is 5.23. The number of hydrogen-bond acceptors (Lipinski definition) is 8. The molecule has 12 heteroatoms. The van der Waals surface area contributed by atoms with Gasteiger partial charge in [-0.3, -0.25) is 18.7 Å². The summed E-state index contributed by atoms with van der Waals surface area (Å²) >= 11 is 4.11. The molecule has 10 nitrogen and oxygen atoms in total. The maximum atomic E-state index is 12.4. The zero-order valence-electron chi connectivity index (χ0n) is 14.3. The van der Waals surface area contributed by atoms with Crippen LogP contribution in [0.25, 0.3) is 0 Å². The molecule has 2 atom stereocenters. The first-order valence-corrected chi connectivity index (χ1v) is 9.93. The lowest BCUT2D eigenvalue weighted by Crippen LogP contribution is -2.69. The van der Waals surface area contributed by atoms with Crippen molar-refractivity contribution in [2.75, 3.05) is 17.7 Å². The number of benzene rings is 1. The lowest BCUT2D eigenvalue weighted by atomic mass is 10.00. The zero-order chi connectivity index (χ0) is 20.7. The SMILES string of the molecule is O=C(O)COC(=O)CSN1C(=O)C(NC(=O)/C(=N\O)c2ccccc2)C1CBr. The van der Waals surface area contributed by atoms with Crippen LogP contribution in [0.15, 0.2) is 35.5 Å². The van der Waals surface area contributed by atoms with Gasteiger partial charge in [-0.1, -0.05) is 51.4 Å². The first kappa shape index (κ1) is 21.7. The van der Waals surface area contributed by atoms with Crippen LogP contribution in [0.1, 0.15) is 5.56 Å². The summed E-state index contributed by atoms with van der Waals surface area (Å²) in [5.41, 5.74) is 0.155. The number of amides is 2. The Morgan fingerprint density at radius 1 is 1.29 bits per heavy atom.